The molecule has 20 heavy (non-hydrogen) atoms. The molecule has 0 amide bonds. The second kappa shape index (κ2) is 6.50. The van der Waals surface area contributed by atoms with Gasteiger partial charge < -0.3 is 5.73 Å². The van der Waals surface area contributed by atoms with E-state index < -0.39 is 0 Å². The molecule has 1 aromatic carbocycles. The Morgan fingerprint density at radius 1 is 1.30 bits per heavy atom. The molecule has 0 aromatic heterocycles. The molecule has 2 rings (SSSR count). The average Bonchev–Trinajstić information content (AvgIpc) is 2.51. The average molecular weight is 292 g/mol. The van der Waals surface area contributed by atoms with Crippen LogP contribution in [0.25, 0.3) is 0 Å². The predicted octanol–water partition coefficient (Wildman–Crippen LogP) is 3.60. The number of hydrogen-bond acceptors (Lipinski definition) is 3. The van der Waals surface area contributed by atoms with Crippen molar-refractivity contribution in [2.75, 3.05) is 18.8 Å². The third-order valence-corrected chi connectivity index (χ3v) is 5.52. The molecule has 2 unspecified atom stereocenters. The summed E-state index contributed by atoms with van der Waals surface area (Å²) in [6.45, 7) is 11.3. The second-order valence-electron chi connectivity index (χ2n) is 6.61. The lowest BCUT2D eigenvalue weighted by Crippen LogP contribution is -2.41. The van der Waals surface area contributed by atoms with Crippen molar-refractivity contribution < 1.29 is 0 Å². The first-order valence-corrected chi connectivity index (χ1v) is 8.58. The highest BCUT2D eigenvalue weighted by molar-refractivity contribution is 8.00. The van der Waals surface area contributed by atoms with E-state index in [-0.39, 0.29) is 6.04 Å². The van der Waals surface area contributed by atoms with E-state index in [1.165, 1.54) is 23.3 Å². The van der Waals surface area contributed by atoms with E-state index in [9.17, 15) is 0 Å². The molecular weight excluding hydrogens is 264 g/mol. The number of nitrogens with zero attached hydrogens (tertiary/aromatic N) is 1. The molecule has 2 atom stereocenters. The fourth-order valence-corrected chi connectivity index (χ4v) is 4.13. The number of aryl methyl sites for hydroxylation is 1. The standard InChI is InChI=1S/C17H28N2S/c1-13-6-5-7-15(12-13)16(14(2)18)19-9-8-17(3,4)20-11-10-19/h5-7,12,14,16H,8-11,18H2,1-4H3. The molecule has 0 spiro atoms. The van der Waals surface area contributed by atoms with Crippen LogP contribution < -0.4 is 5.73 Å². The Morgan fingerprint density at radius 2 is 2.05 bits per heavy atom. The van der Waals surface area contributed by atoms with E-state index in [2.05, 4.69) is 68.6 Å². The fourth-order valence-electron chi connectivity index (χ4n) is 3.02. The maximum absolute atomic E-state index is 6.32. The molecule has 1 saturated heterocycles. The molecule has 112 valence electrons. The summed E-state index contributed by atoms with van der Waals surface area (Å²) in [6, 6.07) is 9.31. The quantitative estimate of drug-likeness (QED) is 0.923. The summed E-state index contributed by atoms with van der Waals surface area (Å²) in [4.78, 5) is 2.58. The number of thioether (sulfide) groups is 1. The van der Waals surface area contributed by atoms with Crippen molar-refractivity contribution in [3.05, 3.63) is 35.4 Å². The van der Waals surface area contributed by atoms with Gasteiger partial charge in [0.1, 0.15) is 0 Å². The lowest BCUT2D eigenvalue weighted by atomic mass is 9.97. The van der Waals surface area contributed by atoms with Crippen LogP contribution in [0.3, 0.4) is 0 Å². The highest BCUT2D eigenvalue weighted by Crippen LogP contribution is 2.34. The summed E-state index contributed by atoms with van der Waals surface area (Å²) in [5.41, 5.74) is 9.00. The van der Waals surface area contributed by atoms with Gasteiger partial charge >= 0.3 is 0 Å². The maximum atomic E-state index is 6.32. The van der Waals surface area contributed by atoms with E-state index in [0.717, 1.165) is 13.1 Å². The lowest BCUT2D eigenvalue weighted by molar-refractivity contribution is 0.184. The Morgan fingerprint density at radius 3 is 2.70 bits per heavy atom. The molecule has 1 fully saturated rings. The first kappa shape index (κ1) is 15.9. The van der Waals surface area contributed by atoms with Gasteiger partial charge in [0.2, 0.25) is 0 Å². The van der Waals surface area contributed by atoms with Crippen molar-refractivity contribution in [3.8, 4) is 0 Å². The summed E-state index contributed by atoms with van der Waals surface area (Å²) in [6.07, 6.45) is 1.23. The van der Waals surface area contributed by atoms with Crippen LogP contribution in [-0.4, -0.2) is 34.5 Å². The van der Waals surface area contributed by atoms with Gasteiger partial charge in [-0.25, -0.2) is 0 Å². The van der Waals surface area contributed by atoms with E-state index in [1.54, 1.807) is 0 Å². The van der Waals surface area contributed by atoms with E-state index in [4.69, 9.17) is 5.73 Å². The monoisotopic (exact) mass is 292 g/mol. The largest absolute Gasteiger partial charge is 0.326 e. The number of nitrogens with two attached hydrogens (primary N) is 1. The summed E-state index contributed by atoms with van der Waals surface area (Å²) in [5, 5.41) is 0. The number of rotatable bonds is 3. The zero-order chi connectivity index (χ0) is 14.8. The van der Waals surface area contributed by atoms with Gasteiger partial charge in [-0.05, 0) is 25.8 Å². The van der Waals surface area contributed by atoms with Gasteiger partial charge in [0.25, 0.3) is 0 Å². The van der Waals surface area contributed by atoms with Gasteiger partial charge in [-0.2, -0.15) is 11.8 Å². The molecule has 0 bridgehead atoms. The van der Waals surface area contributed by atoms with Gasteiger partial charge in [-0.15, -0.1) is 0 Å². The molecule has 1 aliphatic heterocycles. The molecule has 1 aliphatic rings. The zero-order valence-corrected chi connectivity index (χ0v) is 14.0. The van der Waals surface area contributed by atoms with E-state index in [1.807, 2.05) is 0 Å². The number of benzene rings is 1. The highest BCUT2D eigenvalue weighted by Gasteiger charge is 2.29. The summed E-state index contributed by atoms with van der Waals surface area (Å²) in [5.74, 6) is 1.20. The van der Waals surface area contributed by atoms with Crippen LogP contribution in [-0.2, 0) is 0 Å². The Kier molecular flexibility index (Phi) is 5.16. The molecule has 3 heteroatoms. The van der Waals surface area contributed by atoms with Gasteiger partial charge in [0.15, 0.2) is 0 Å². The lowest BCUT2D eigenvalue weighted by Gasteiger charge is -2.34. The third kappa shape index (κ3) is 4.00. The highest BCUT2D eigenvalue weighted by atomic mass is 32.2. The summed E-state index contributed by atoms with van der Waals surface area (Å²) in [7, 11) is 0. The second-order valence-corrected chi connectivity index (χ2v) is 8.41. The normalized spacial score (nSPS) is 23.1. The van der Waals surface area contributed by atoms with Gasteiger partial charge in [0, 0.05) is 35.7 Å². The van der Waals surface area contributed by atoms with Crippen LogP contribution in [0.4, 0.5) is 0 Å². The number of hydrogen-bond donors (Lipinski definition) is 1. The summed E-state index contributed by atoms with van der Waals surface area (Å²) >= 11 is 2.09. The van der Waals surface area contributed by atoms with E-state index >= 15 is 0 Å². The molecule has 2 nitrogen and oxygen atoms in total. The van der Waals surface area contributed by atoms with Gasteiger partial charge in [0.05, 0.1) is 0 Å². The molecule has 0 aliphatic carbocycles. The first-order chi connectivity index (χ1) is 9.39. The molecule has 0 saturated carbocycles. The van der Waals surface area contributed by atoms with Crippen LogP contribution in [0.15, 0.2) is 24.3 Å². The topological polar surface area (TPSA) is 29.3 Å². The van der Waals surface area contributed by atoms with Crippen molar-refractivity contribution in [2.45, 2.75) is 50.9 Å². The van der Waals surface area contributed by atoms with Gasteiger partial charge in [-0.1, -0.05) is 43.7 Å². The first-order valence-electron chi connectivity index (χ1n) is 7.59. The Labute approximate surface area is 128 Å². The molecule has 0 radical (unpaired) electrons. The van der Waals surface area contributed by atoms with Crippen LogP contribution >= 0.6 is 11.8 Å². The van der Waals surface area contributed by atoms with Gasteiger partial charge in [-0.3, -0.25) is 4.90 Å². The molecule has 2 N–H and O–H groups in total. The van der Waals surface area contributed by atoms with Crippen molar-refractivity contribution in [1.82, 2.24) is 4.90 Å². The zero-order valence-electron chi connectivity index (χ0n) is 13.2. The van der Waals surface area contributed by atoms with Crippen molar-refractivity contribution in [1.29, 1.82) is 0 Å². The Balaban J connectivity index is 2.21. The predicted molar refractivity (Wildman–Crippen MR) is 90.3 cm³/mol. The smallest absolute Gasteiger partial charge is 0.0496 e. The SMILES string of the molecule is Cc1cccc(C(C(C)N)N2CCSC(C)(C)CC2)c1. The minimum atomic E-state index is 0.156. The Bertz CT molecular complexity index is 442. The third-order valence-electron chi connectivity index (χ3n) is 4.15. The minimum absolute atomic E-state index is 0.156. The fraction of sp³-hybridized carbons (Fsp3) is 0.647. The van der Waals surface area contributed by atoms with Crippen molar-refractivity contribution in [3.63, 3.8) is 0 Å². The van der Waals surface area contributed by atoms with Crippen LogP contribution in [0, 0.1) is 6.92 Å². The van der Waals surface area contributed by atoms with Crippen LogP contribution in [0.1, 0.15) is 44.4 Å². The molecule has 1 heterocycles. The van der Waals surface area contributed by atoms with Crippen molar-refractivity contribution in [2.24, 2.45) is 5.73 Å². The van der Waals surface area contributed by atoms with E-state index in [0.29, 0.717) is 10.8 Å². The molecular formula is C17H28N2S. The van der Waals surface area contributed by atoms with Crippen LogP contribution in [0.5, 0.6) is 0 Å². The summed E-state index contributed by atoms with van der Waals surface area (Å²) < 4.78 is 0.393. The minimum Gasteiger partial charge on any atom is -0.326 e. The molecule has 1 aromatic rings. The maximum Gasteiger partial charge on any atom is 0.0496 e. The van der Waals surface area contributed by atoms with Crippen LogP contribution in [0.2, 0.25) is 0 Å². The Hall–Kier alpha value is -0.510. The van der Waals surface area contributed by atoms with Crippen molar-refractivity contribution >= 4 is 11.8 Å².